The van der Waals surface area contributed by atoms with Gasteiger partial charge in [-0.2, -0.15) is 0 Å². The summed E-state index contributed by atoms with van der Waals surface area (Å²) in [5.74, 6) is 0.201. The fourth-order valence-corrected chi connectivity index (χ4v) is 1.66. The molecule has 1 unspecified atom stereocenters. The number of halogens is 1. The first-order valence-corrected chi connectivity index (χ1v) is 4.48. The highest BCUT2D eigenvalue weighted by atomic mass is 19.1. The molecule has 2 rings (SSSR count). The maximum absolute atomic E-state index is 13.0. The van der Waals surface area contributed by atoms with Gasteiger partial charge in [0.25, 0.3) is 0 Å². The highest BCUT2D eigenvalue weighted by Crippen LogP contribution is 2.35. The molecule has 0 bridgehead atoms. The van der Waals surface area contributed by atoms with Crippen molar-refractivity contribution < 1.29 is 14.2 Å². The second-order valence-corrected chi connectivity index (χ2v) is 3.55. The molecule has 0 spiro atoms. The van der Waals surface area contributed by atoms with E-state index < -0.39 is 5.54 Å². The van der Waals surface area contributed by atoms with Gasteiger partial charge in [-0.15, -0.1) is 0 Å². The number of benzene rings is 1. The number of hydrogen-bond acceptors (Lipinski definition) is 3. The van der Waals surface area contributed by atoms with E-state index >= 15 is 0 Å². The summed E-state index contributed by atoms with van der Waals surface area (Å²) in [6.45, 7) is 0.252. The molecule has 0 aliphatic carbocycles. The second kappa shape index (κ2) is 3.22. The number of ether oxygens (including phenoxy) is 1. The maximum atomic E-state index is 13.0. The second-order valence-electron chi connectivity index (χ2n) is 3.55. The summed E-state index contributed by atoms with van der Waals surface area (Å²) in [5.41, 5.74) is 5.62. The van der Waals surface area contributed by atoms with E-state index in [9.17, 15) is 9.50 Å². The first kappa shape index (κ1) is 9.43. The Balaban J connectivity index is 2.52. The summed E-state index contributed by atoms with van der Waals surface area (Å²) < 4.78 is 18.3. The summed E-state index contributed by atoms with van der Waals surface area (Å²) in [6, 6.07) is 4.19. The lowest BCUT2D eigenvalue weighted by molar-refractivity contribution is 0.138. The van der Waals surface area contributed by atoms with Crippen LogP contribution in [0.15, 0.2) is 18.2 Å². The van der Waals surface area contributed by atoms with E-state index in [4.69, 9.17) is 10.5 Å². The van der Waals surface area contributed by atoms with Crippen LogP contribution in [0.5, 0.6) is 5.75 Å². The molecular formula is C10H12FNO2. The fourth-order valence-electron chi connectivity index (χ4n) is 1.66. The molecule has 14 heavy (non-hydrogen) atoms. The molecule has 0 aromatic heterocycles. The Labute approximate surface area is 81.3 Å². The minimum Gasteiger partial charge on any atom is -0.493 e. The van der Waals surface area contributed by atoms with Gasteiger partial charge in [0.05, 0.1) is 18.8 Å². The van der Waals surface area contributed by atoms with Crippen LogP contribution in [-0.4, -0.2) is 18.3 Å². The number of fused-ring (bicyclic) bond motifs is 1. The van der Waals surface area contributed by atoms with Crippen LogP contribution >= 0.6 is 0 Å². The van der Waals surface area contributed by atoms with Crippen LogP contribution in [0.1, 0.15) is 12.0 Å². The molecule has 1 aromatic rings. The number of nitrogens with two attached hydrogens (primary N) is 1. The van der Waals surface area contributed by atoms with Crippen molar-refractivity contribution in [2.75, 3.05) is 13.2 Å². The molecule has 76 valence electrons. The maximum Gasteiger partial charge on any atom is 0.124 e. The number of hydrogen-bond donors (Lipinski definition) is 2. The number of aliphatic hydroxyl groups excluding tert-OH is 1. The zero-order valence-corrected chi connectivity index (χ0v) is 7.66. The van der Waals surface area contributed by atoms with Gasteiger partial charge < -0.3 is 15.6 Å². The van der Waals surface area contributed by atoms with Crippen molar-refractivity contribution in [2.24, 2.45) is 5.73 Å². The van der Waals surface area contributed by atoms with Crippen molar-refractivity contribution >= 4 is 0 Å². The van der Waals surface area contributed by atoms with Crippen LogP contribution in [0.25, 0.3) is 0 Å². The van der Waals surface area contributed by atoms with Gasteiger partial charge in [0.1, 0.15) is 11.6 Å². The topological polar surface area (TPSA) is 55.5 Å². The molecular weight excluding hydrogens is 185 g/mol. The molecule has 0 radical (unpaired) electrons. The molecule has 1 aliphatic heterocycles. The van der Waals surface area contributed by atoms with Gasteiger partial charge in [0, 0.05) is 12.0 Å². The molecule has 3 N–H and O–H groups in total. The van der Waals surface area contributed by atoms with E-state index in [1.807, 2.05) is 0 Å². The van der Waals surface area contributed by atoms with Crippen LogP contribution in [0.4, 0.5) is 4.39 Å². The standard InChI is InChI=1S/C10H12FNO2/c11-7-1-2-9-8(5-7)10(12,6-13)3-4-14-9/h1-2,5,13H,3-4,6,12H2. The van der Waals surface area contributed by atoms with Gasteiger partial charge in [-0.3, -0.25) is 0 Å². The minimum absolute atomic E-state index is 0.202. The van der Waals surface area contributed by atoms with E-state index in [-0.39, 0.29) is 12.4 Å². The Morgan fingerprint density at radius 2 is 2.36 bits per heavy atom. The smallest absolute Gasteiger partial charge is 0.124 e. The summed E-state index contributed by atoms with van der Waals surface area (Å²) in [5, 5.41) is 9.18. The first-order valence-electron chi connectivity index (χ1n) is 4.48. The Morgan fingerprint density at radius 3 is 3.07 bits per heavy atom. The monoisotopic (exact) mass is 197 g/mol. The van der Waals surface area contributed by atoms with Crippen molar-refractivity contribution in [1.29, 1.82) is 0 Å². The van der Waals surface area contributed by atoms with Crippen molar-refractivity contribution in [3.05, 3.63) is 29.6 Å². The Hall–Kier alpha value is -1.13. The third kappa shape index (κ3) is 1.36. The molecule has 1 aliphatic rings. The van der Waals surface area contributed by atoms with Crippen molar-refractivity contribution in [3.8, 4) is 5.75 Å². The zero-order valence-electron chi connectivity index (χ0n) is 7.66. The van der Waals surface area contributed by atoms with E-state index in [0.29, 0.717) is 24.3 Å². The molecule has 4 heteroatoms. The first-order chi connectivity index (χ1) is 6.65. The summed E-state index contributed by atoms with van der Waals surface area (Å²) >= 11 is 0. The Bertz CT molecular complexity index is 356. The molecule has 1 aromatic carbocycles. The van der Waals surface area contributed by atoms with Crippen molar-refractivity contribution in [1.82, 2.24) is 0 Å². The molecule has 3 nitrogen and oxygen atoms in total. The normalized spacial score (nSPS) is 25.4. The van der Waals surface area contributed by atoms with Gasteiger partial charge in [-0.1, -0.05) is 0 Å². The SMILES string of the molecule is NC1(CO)CCOc2ccc(F)cc21. The Kier molecular flexibility index (Phi) is 2.17. The molecule has 0 amide bonds. The van der Waals surface area contributed by atoms with Crippen LogP contribution in [-0.2, 0) is 5.54 Å². The lowest BCUT2D eigenvalue weighted by Crippen LogP contribution is -2.44. The zero-order chi connectivity index (χ0) is 10.2. The number of rotatable bonds is 1. The third-order valence-corrected chi connectivity index (χ3v) is 2.57. The van der Waals surface area contributed by atoms with Crippen LogP contribution < -0.4 is 10.5 Å². The molecule has 0 saturated heterocycles. The summed E-state index contributed by atoms with van der Waals surface area (Å²) in [6.07, 6.45) is 0.500. The van der Waals surface area contributed by atoms with E-state index in [1.165, 1.54) is 12.1 Å². The molecule has 1 atom stereocenters. The highest BCUT2D eigenvalue weighted by molar-refractivity contribution is 5.41. The van der Waals surface area contributed by atoms with Gasteiger partial charge in [0.15, 0.2) is 0 Å². The van der Waals surface area contributed by atoms with E-state index in [0.717, 1.165) is 0 Å². The van der Waals surface area contributed by atoms with E-state index in [2.05, 4.69) is 0 Å². The quantitative estimate of drug-likeness (QED) is 0.698. The van der Waals surface area contributed by atoms with Crippen LogP contribution in [0.3, 0.4) is 0 Å². The Morgan fingerprint density at radius 1 is 1.57 bits per heavy atom. The summed E-state index contributed by atoms with van der Waals surface area (Å²) in [7, 11) is 0. The largest absolute Gasteiger partial charge is 0.493 e. The van der Waals surface area contributed by atoms with Gasteiger partial charge in [-0.25, -0.2) is 4.39 Å². The summed E-state index contributed by atoms with van der Waals surface area (Å²) in [4.78, 5) is 0. The minimum atomic E-state index is -0.865. The molecule has 1 heterocycles. The molecule has 0 saturated carbocycles. The lowest BCUT2D eigenvalue weighted by atomic mass is 9.86. The van der Waals surface area contributed by atoms with Gasteiger partial charge >= 0.3 is 0 Å². The van der Waals surface area contributed by atoms with E-state index in [1.54, 1.807) is 6.07 Å². The third-order valence-electron chi connectivity index (χ3n) is 2.57. The molecule has 0 fully saturated rings. The van der Waals surface area contributed by atoms with Crippen molar-refractivity contribution in [3.63, 3.8) is 0 Å². The van der Waals surface area contributed by atoms with Crippen molar-refractivity contribution in [2.45, 2.75) is 12.0 Å². The van der Waals surface area contributed by atoms with Crippen LogP contribution in [0, 0.1) is 5.82 Å². The predicted molar refractivity (Wildman–Crippen MR) is 49.5 cm³/mol. The number of aliphatic hydroxyl groups is 1. The predicted octanol–water partition coefficient (Wildman–Crippen LogP) is 0.754. The lowest BCUT2D eigenvalue weighted by Gasteiger charge is -2.33. The average Bonchev–Trinajstić information content (AvgIpc) is 2.20. The highest BCUT2D eigenvalue weighted by Gasteiger charge is 2.33. The average molecular weight is 197 g/mol. The fraction of sp³-hybridized carbons (Fsp3) is 0.400. The van der Waals surface area contributed by atoms with Crippen LogP contribution in [0.2, 0.25) is 0 Å². The van der Waals surface area contributed by atoms with Gasteiger partial charge in [-0.05, 0) is 18.2 Å². The van der Waals surface area contributed by atoms with Gasteiger partial charge in [0.2, 0.25) is 0 Å².